The van der Waals surface area contributed by atoms with Crippen molar-refractivity contribution in [2.75, 3.05) is 12.0 Å². The molecule has 1 aliphatic heterocycles. The molecule has 1 aliphatic rings. The van der Waals surface area contributed by atoms with E-state index in [0.717, 1.165) is 6.67 Å². The molecule has 0 fully saturated rings. The van der Waals surface area contributed by atoms with Gasteiger partial charge in [0, 0.05) is 0 Å². The molecule has 0 radical (unpaired) electrons. The maximum absolute atomic E-state index is 4.40. The van der Waals surface area contributed by atoms with Crippen LogP contribution in [0.15, 0.2) is 5.51 Å². The van der Waals surface area contributed by atoms with E-state index in [2.05, 4.69) is 36.4 Å². The van der Waals surface area contributed by atoms with Gasteiger partial charge in [0.2, 0.25) is 0 Å². The molecule has 0 bridgehead atoms. The summed E-state index contributed by atoms with van der Waals surface area (Å²) in [5, 5.41) is 7.94. The molecule has 72 valence electrons. The van der Waals surface area contributed by atoms with Gasteiger partial charge in [-0.3, -0.25) is 5.32 Å². The quantitative estimate of drug-likeness (QED) is 0.669. The SMILES string of the molecule is CC(C)(C)[C@@H]1NCNc2scnc21. The van der Waals surface area contributed by atoms with Gasteiger partial charge < -0.3 is 5.32 Å². The van der Waals surface area contributed by atoms with E-state index in [1.165, 1.54) is 10.7 Å². The Hall–Kier alpha value is -0.610. The fourth-order valence-corrected chi connectivity index (χ4v) is 2.36. The van der Waals surface area contributed by atoms with Gasteiger partial charge in [0.05, 0.1) is 23.9 Å². The van der Waals surface area contributed by atoms with Gasteiger partial charge in [0.15, 0.2) is 0 Å². The molecule has 0 amide bonds. The molecule has 2 rings (SSSR count). The highest BCUT2D eigenvalue weighted by molar-refractivity contribution is 7.14. The van der Waals surface area contributed by atoms with Crippen molar-refractivity contribution in [3.8, 4) is 0 Å². The lowest BCUT2D eigenvalue weighted by Gasteiger charge is -2.34. The average Bonchev–Trinajstić information content (AvgIpc) is 2.48. The summed E-state index contributed by atoms with van der Waals surface area (Å²) in [7, 11) is 0. The Balaban J connectivity index is 2.35. The third-order valence-electron chi connectivity index (χ3n) is 2.29. The summed E-state index contributed by atoms with van der Waals surface area (Å²) in [6.45, 7) is 7.55. The zero-order chi connectivity index (χ0) is 9.47. The summed E-state index contributed by atoms with van der Waals surface area (Å²) in [6.07, 6.45) is 0. The largest absolute Gasteiger partial charge is 0.363 e. The van der Waals surface area contributed by atoms with E-state index in [0.29, 0.717) is 6.04 Å². The average molecular weight is 197 g/mol. The second-order valence-corrected chi connectivity index (χ2v) is 5.28. The fraction of sp³-hybridized carbons (Fsp3) is 0.667. The van der Waals surface area contributed by atoms with Gasteiger partial charge in [0.25, 0.3) is 0 Å². The molecule has 1 atom stereocenters. The van der Waals surface area contributed by atoms with Crippen LogP contribution in [-0.2, 0) is 0 Å². The number of hydrogen-bond acceptors (Lipinski definition) is 4. The summed E-state index contributed by atoms with van der Waals surface area (Å²) in [4.78, 5) is 4.40. The van der Waals surface area contributed by atoms with Crippen LogP contribution in [0.2, 0.25) is 0 Å². The van der Waals surface area contributed by atoms with E-state index < -0.39 is 0 Å². The Kier molecular flexibility index (Phi) is 2.04. The highest BCUT2D eigenvalue weighted by Gasteiger charge is 2.31. The number of nitrogens with zero attached hydrogens (tertiary/aromatic N) is 1. The number of nitrogens with one attached hydrogen (secondary N) is 2. The van der Waals surface area contributed by atoms with Crippen molar-refractivity contribution in [3.05, 3.63) is 11.2 Å². The van der Waals surface area contributed by atoms with E-state index in [-0.39, 0.29) is 5.41 Å². The third-order valence-corrected chi connectivity index (χ3v) is 3.09. The molecule has 0 saturated carbocycles. The number of rotatable bonds is 0. The van der Waals surface area contributed by atoms with Gasteiger partial charge in [-0.2, -0.15) is 0 Å². The van der Waals surface area contributed by atoms with Gasteiger partial charge in [-0.1, -0.05) is 20.8 Å². The second-order valence-electron chi connectivity index (χ2n) is 4.42. The first kappa shape index (κ1) is 8.97. The molecule has 2 heterocycles. The van der Waals surface area contributed by atoms with Crippen molar-refractivity contribution in [2.45, 2.75) is 26.8 Å². The number of thiazole rings is 1. The van der Waals surface area contributed by atoms with Crippen LogP contribution in [0.5, 0.6) is 0 Å². The minimum atomic E-state index is 0.227. The second kappa shape index (κ2) is 2.96. The smallest absolute Gasteiger partial charge is 0.114 e. The first-order chi connectivity index (χ1) is 6.09. The van der Waals surface area contributed by atoms with Crippen LogP contribution in [0.4, 0.5) is 5.00 Å². The lowest BCUT2D eigenvalue weighted by molar-refractivity contribution is 0.269. The Morgan fingerprint density at radius 3 is 3.00 bits per heavy atom. The topological polar surface area (TPSA) is 37.0 Å². The van der Waals surface area contributed by atoms with E-state index >= 15 is 0 Å². The highest BCUT2D eigenvalue weighted by Crippen LogP contribution is 2.38. The molecular formula is C9H15N3S. The molecule has 0 unspecified atom stereocenters. The molecule has 1 aromatic heterocycles. The molecule has 0 saturated heterocycles. The first-order valence-corrected chi connectivity index (χ1v) is 5.37. The van der Waals surface area contributed by atoms with E-state index in [1.807, 2.05) is 5.51 Å². The van der Waals surface area contributed by atoms with Crippen molar-refractivity contribution >= 4 is 16.3 Å². The molecule has 0 spiro atoms. The van der Waals surface area contributed by atoms with Crippen LogP contribution < -0.4 is 10.6 Å². The number of fused-ring (bicyclic) bond motifs is 1. The fourth-order valence-electron chi connectivity index (χ4n) is 1.64. The Morgan fingerprint density at radius 1 is 1.54 bits per heavy atom. The summed E-state index contributed by atoms with van der Waals surface area (Å²) in [5.41, 5.74) is 3.30. The Morgan fingerprint density at radius 2 is 2.31 bits per heavy atom. The maximum Gasteiger partial charge on any atom is 0.114 e. The maximum atomic E-state index is 4.40. The monoisotopic (exact) mass is 197 g/mol. The molecule has 13 heavy (non-hydrogen) atoms. The standard InChI is InChI=1S/C9H15N3S/c1-9(2,3)7-6-8(11-4-10-7)13-5-12-6/h5,7,10-11H,4H2,1-3H3/t7-/m1/s1. The summed E-state index contributed by atoms with van der Waals surface area (Å²) >= 11 is 1.68. The zero-order valence-corrected chi connectivity index (χ0v) is 9.03. The van der Waals surface area contributed by atoms with Gasteiger partial charge in [0.1, 0.15) is 5.00 Å². The lowest BCUT2D eigenvalue weighted by Crippen LogP contribution is -2.39. The van der Waals surface area contributed by atoms with Crippen LogP contribution in [0.3, 0.4) is 0 Å². The normalized spacial score (nSPS) is 22.2. The molecule has 2 N–H and O–H groups in total. The molecule has 1 aromatic rings. The van der Waals surface area contributed by atoms with Crippen LogP contribution in [-0.4, -0.2) is 11.7 Å². The summed E-state index contributed by atoms with van der Waals surface area (Å²) < 4.78 is 0. The zero-order valence-electron chi connectivity index (χ0n) is 8.22. The molecule has 0 aliphatic carbocycles. The first-order valence-electron chi connectivity index (χ1n) is 4.49. The predicted molar refractivity (Wildman–Crippen MR) is 55.9 cm³/mol. The number of aromatic nitrogens is 1. The van der Waals surface area contributed by atoms with E-state index in [1.54, 1.807) is 11.3 Å². The summed E-state index contributed by atoms with van der Waals surface area (Å²) in [6, 6.07) is 0.370. The van der Waals surface area contributed by atoms with Crippen LogP contribution in [0.1, 0.15) is 32.5 Å². The predicted octanol–water partition coefficient (Wildman–Crippen LogP) is 2.20. The van der Waals surface area contributed by atoms with Gasteiger partial charge in [-0.25, -0.2) is 4.98 Å². The van der Waals surface area contributed by atoms with Crippen molar-refractivity contribution in [3.63, 3.8) is 0 Å². The minimum Gasteiger partial charge on any atom is -0.363 e. The van der Waals surface area contributed by atoms with Gasteiger partial charge >= 0.3 is 0 Å². The molecule has 0 aromatic carbocycles. The lowest BCUT2D eigenvalue weighted by atomic mass is 9.84. The van der Waals surface area contributed by atoms with E-state index in [4.69, 9.17) is 0 Å². The van der Waals surface area contributed by atoms with Crippen LogP contribution in [0.25, 0.3) is 0 Å². The van der Waals surface area contributed by atoms with Crippen molar-refractivity contribution in [2.24, 2.45) is 5.41 Å². The van der Waals surface area contributed by atoms with Gasteiger partial charge in [-0.15, -0.1) is 11.3 Å². The molecule has 3 nitrogen and oxygen atoms in total. The van der Waals surface area contributed by atoms with Gasteiger partial charge in [-0.05, 0) is 5.41 Å². The van der Waals surface area contributed by atoms with Crippen molar-refractivity contribution in [1.29, 1.82) is 0 Å². The molecular weight excluding hydrogens is 182 g/mol. The van der Waals surface area contributed by atoms with Crippen molar-refractivity contribution in [1.82, 2.24) is 10.3 Å². The third kappa shape index (κ3) is 1.56. The highest BCUT2D eigenvalue weighted by atomic mass is 32.1. The van der Waals surface area contributed by atoms with Crippen molar-refractivity contribution < 1.29 is 0 Å². The minimum absolute atomic E-state index is 0.227. The Labute approximate surface area is 82.6 Å². The summed E-state index contributed by atoms with van der Waals surface area (Å²) in [5.74, 6) is 0. The van der Waals surface area contributed by atoms with Crippen LogP contribution in [0, 0.1) is 5.41 Å². The molecule has 4 heteroatoms. The Bertz CT molecular complexity index is 300. The number of anilines is 1. The number of hydrogen-bond donors (Lipinski definition) is 2. The van der Waals surface area contributed by atoms with Crippen LogP contribution >= 0.6 is 11.3 Å². The van der Waals surface area contributed by atoms with E-state index in [9.17, 15) is 0 Å².